The lowest BCUT2D eigenvalue weighted by molar-refractivity contribution is 0.0792. The number of rotatable bonds is 1. The van der Waals surface area contributed by atoms with Gasteiger partial charge < -0.3 is 4.90 Å². The van der Waals surface area contributed by atoms with Crippen LogP contribution in [0.25, 0.3) is 0 Å². The van der Waals surface area contributed by atoms with Crippen molar-refractivity contribution in [3.05, 3.63) is 29.1 Å². The molecule has 1 aromatic rings. The first kappa shape index (κ1) is 10.1. The fourth-order valence-electron chi connectivity index (χ4n) is 1.96. The van der Waals surface area contributed by atoms with Crippen molar-refractivity contribution in [3.8, 4) is 0 Å². The third-order valence-corrected chi connectivity index (χ3v) is 3.08. The molecule has 0 aromatic carbocycles. The summed E-state index contributed by atoms with van der Waals surface area (Å²) in [5, 5.41) is 0. The molecular weight excluding hydrogens is 188 g/mol. The van der Waals surface area contributed by atoms with Crippen molar-refractivity contribution in [2.45, 2.75) is 26.7 Å². The molecule has 1 fully saturated rings. The van der Waals surface area contributed by atoms with E-state index in [-0.39, 0.29) is 5.91 Å². The minimum Gasteiger partial charge on any atom is -0.339 e. The molecule has 80 valence electrons. The number of hydrogen-bond donors (Lipinski definition) is 0. The van der Waals surface area contributed by atoms with E-state index in [0.717, 1.165) is 42.8 Å². The lowest BCUT2D eigenvalue weighted by Crippen LogP contribution is -2.28. The number of carbonyl (C=O) groups is 1. The van der Waals surface area contributed by atoms with Crippen molar-refractivity contribution in [2.75, 3.05) is 13.1 Å². The zero-order valence-corrected chi connectivity index (χ0v) is 9.29. The highest BCUT2D eigenvalue weighted by Crippen LogP contribution is 2.16. The highest BCUT2D eigenvalue weighted by Gasteiger charge is 2.21. The van der Waals surface area contributed by atoms with Gasteiger partial charge in [-0.25, -0.2) is 0 Å². The molecule has 2 rings (SSSR count). The highest BCUT2D eigenvalue weighted by atomic mass is 16.2. The maximum atomic E-state index is 12.1. The van der Waals surface area contributed by atoms with Gasteiger partial charge >= 0.3 is 0 Å². The molecule has 0 unspecified atom stereocenters. The van der Waals surface area contributed by atoms with Gasteiger partial charge in [-0.3, -0.25) is 9.78 Å². The van der Waals surface area contributed by atoms with Crippen LogP contribution in [0.15, 0.2) is 12.3 Å². The molecular formula is C12H16N2O. The summed E-state index contributed by atoms with van der Waals surface area (Å²) in [6.45, 7) is 5.71. The van der Waals surface area contributed by atoms with Gasteiger partial charge in [0.2, 0.25) is 0 Å². The van der Waals surface area contributed by atoms with Gasteiger partial charge in [0.15, 0.2) is 0 Å². The van der Waals surface area contributed by atoms with E-state index in [1.54, 1.807) is 6.20 Å². The van der Waals surface area contributed by atoms with Crippen LogP contribution in [0, 0.1) is 13.8 Å². The van der Waals surface area contributed by atoms with E-state index >= 15 is 0 Å². The minimum absolute atomic E-state index is 0.163. The number of nitrogens with zero attached hydrogens (tertiary/aromatic N) is 2. The Morgan fingerprint density at radius 3 is 2.67 bits per heavy atom. The quantitative estimate of drug-likeness (QED) is 0.700. The Kier molecular flexibility index (Phi) is 2.71. The monoisotopic (exact) mass is 204 g/mol. The van der Waals surface area contributed by atoms with E-state index in [1.165, 1.54) is 0 Å². The number of pyridine rings is 1. The van der Waals surface area contributed by atoms with Gasteiger partial charge in [0.1, 0.15) is 0 Å². The van der Waals surface area contributed by atoms with E-state index in [9.17, 15) is 4.79 Å². The first-order valence-corrected chi connectivity index (χ1v) is 5.41. The zero-order valence-electron chi connectivity index (χ0n) is 9.29. The first-order chi connectivity index (χ1) is 7.20. The average Bonchev–Trinajstić information content (AvgIpc) is 2.74. The van der Waals surface area contributed by atoms with Crippen LogP contribution in [0.2, 0.25) is 0 Å². The summed E-state index contributed by atoms with van der Waals surface area (Å²) in [5.41, 5.74) is 2.76. The van der Waals surface area contributed by atoms with Crippen molar-refractivity contribution in [3.63, 3.8) is 0 Å². The zero-order chi connectivity index (χ0) is 10.8. The van der Waals surface area contributed by atoms with Crippen molar-refractivity contribution in [1.29, 1.82) is 0 Å². The lowest BCUT2D eigenvalue weighted by Gasteiger charge is -2.16. The molecule has 1 saturated heterocycles. The molecule has 3 heteroatoms. The third-order valence-electron chi connectivity index (χ3n) is 3.08. The van der Waals surface area contributed by atoms with Crippen LogP contribution in [0.1, 0.15) is 34.5 Å². The van der Waals surface area contributed by atoms with Crippen LogP contribution in [0.4, 0.5) is 0 Å². The molecule has 3 nitrogen and oxygen atoms in total. The number of amides is 1. The molecule has 0 bridgehead atoms. The van der Waals surface area contributed by atoms with Gasteiger partial charge in [0, 0.05) is 30.5 Å². The first-order valence-electron chi connectivity index (χ1n) is 5.41. The molecule has 1 aromatic heterocycles. The van der Waals surface area contributed by atoms with E-state index < -0.39 is 0 Å². The molecule has 0 aliphatic carbocycles. The van der Waals surface area contributed by atoms with Crippen LogP contribution in [0.3, 0.4) is 0 Å². The fraction of sp³-hybridized carbons (Fsp3) is 0.500. The Balaban J connectivity index is 2.28. The van der Waals surface area contributed by atoms with Gasteiger partial charge in [-0.05, 0) is 38.3 Å². The number of aromatic nitrogens is 1. The summed E-state index contributed by atoms with van der Waals surface area (Å²) in [6, 6.07) is 1.82. The van der Waals surface area contributed by atoms with Crippen molar-refractivity contribution in [1.82, 2.24) is 9.88 Å². The number of likely N-dealkylation sites (tertiary alicyclic amines) is 1. The molecule has 1 aliphatic rings. The molecule has 0 N–H and O–H groups in total. The number of hydrogen-bond acceptors (Lipinski definition) is 2. The van der Waals surface area contributed by atoms with Gasteiger partial charge in [-0.1, -0.05) is 0 Å². The van der Waals surface area contributed by atoms with Crippen LogP contribution in [-0.4, -0.2) is 28.9 Å². The second kappa shape index (κ2) is 4.01. The Morgan fingerprint density at radius 1 is 1.33 bits per heavy atom. The predicted molar refractivity (Wildman–Crippen MR) is 58.8 cm³/mol. The van der Waals surface area contributed by atoms with Gasteiger partial charge in [0.05, 0.1) is 0 Å². The summed E-state index contributed by atoms with van der Waals surface area (Å²) < 4.78 is 0. The maximum absolute atomic E-state index is 12.1. The van der Waals surface area contributed by atoms with Crippen molar-refractivity contribution < 1.29 is 4.79 Å². The van der Waals surface area contributed by atoms with E-state index in [1.807, 2.05) is 24.8 Å². The molecule has 0 atom stereocenters. The fourth-order valence-corrected chi connectivity index (χ4v) is 1.96. The van der Waals surface area contributed by atoms with Crippen molar-refractivity contribution in [2.24, 2.45) is 0 Å². The highest BCUT2D eigenvalue weighted by molar-refractivity contribution is 5.95. The molecule has 1 amide bonds. The number of carbonyl (C=O) groups excluding carboxylic acids is 1. The summed E-state index contributed by atoms with van der Waals surface area (Å²) in [4.78, 5) is 18.2. The van der Waals surface area contributed by atoms with Crippen molar-refractivity contribution >= 4 is 5.91 Å². The SMILES string of the molecule is Cc1nccc(C(=O)N2CCCC2)c1C. The Bertz CT molecular complexity index is 381. The Labute approximate surface area is 90.1 Å². The summed E-state index contributed by atoms with van der Waals surface area (Å²) in [7, 11) is 0. The van der Waals surface area contributed by atoms with Crippen LogP contribution < -0.4 is 0 Å². The van der Waals surface area contributed by atoms with Crippen LogP contribution >= 0.6 is 0 Å². The smallest absolute Gasteiger partial charge is 0.254 e. The van der Waals surface area contributed by atoms with E-state index in [0.29, 0.717) is 0 Å². The van der Waals surface area contributed by atoms with E-state index in [4.69, 9.17) is 0 Å². The molecule has 1 aliphatic heterocycles. The van der Waals surface area contributed by atoms with Crippen LogP contribution in [-0.2, 0) is 0 Å². The molecule has 0 radical (unpaired) electrons. The molecule has 15 heavy (non-hydrogen) atoms. The summed E-state index contributed by atoms with van der Waals surface area (Å²) >= 11 is 0. The van der Waals surface area contributed by atoms with Crippen LogP contribution in [0.5, 0.6) is 0 Å². The standard InChI is InChI=1S/C12H16N2O/c1-9-10(2)13-6-5-11(9)12(15)14-7-3-4-8-14/h5-6H,3-4,7-8H2,1-2H3. The maximum Gasteiger partial charge on any atom is 0.254 e. The Morgan fingerprint density at radius 2 is 2.00 bits per heavy atom. The van der Waals surface area contributed by atoms with Gasteiger partial charge in [-0.15, -0.1) is 0 Å². The topological polar surface area (TPSA) is 33.2 Å². The Hall–Kier alpha value is -1.38. The summed E-state index contributed by atoms with van der Waals surface area (Å²) in [5.74, 6) is 0.163. The normalized spacial score (nSPS) is 15.7. The number of aryl methyl sites for hydroxylation is 1. The lowest BCUT2D eigenvalue weighted by atomic mass is 10.1. The third kappa shape index (κ3) is 1.87. The molecule has 2 heterocycles. The average molecular weight is 204 g/mol. The minimum atomic E-state index is 0.163. The predicted octanol–water partition coefficient (Wildman–Crippen LogP) is 1.93. The van der Waals surface area contributed by atoms with Gasteiger partial charge in [-0.2, -0.15) is 0 Å². The molecule has 0 spiro atoms. The summed E-state index contributed by atoms with van der Waals surface area (Å²) in [6.07, 6.45) is 3.98. The van der Waals surface area contributed by atoms with E-state index in [2.05, 4.69) is 4.98 Å². The van der Waals surface area contributed by atoms with Gasteiger partial charge in [0.25, 0.3) is 5.91 Å². The second-order valence-corrected chi connectivity index (χ2v) is 4.07. The second-order valence-electron chi connectivity index (χ2n) is 4.07. The largest absolute Gasteiger partial charge is 0.339 e. The molecule has 0 saturated carbocycles.